The van der Waals surface area contributed by atoms with Gasteiger partial charge in [-0.2, -0.15) is 0 Å². The van der Waals surface area contributed by atoms with Crippen molar-refractivity contribution in [3.05, 3.63) is 0 Å². The summed E-state index contributed by atoms with van der Waals surface area (Å²) in [6.07, 6.45) is -1.73. The van der Waals surface area contributed by atoms with Crippen LogP contribution in [0.3, 0.4) is 0 Å². The maximum absolute atomic E-state index is 11.1. The van der Waals surface area contributed by atoms with Crippen molar-refractivity contribution in [2.24, 2.45) is 0 Å². The molecule has 0 aromatic rings. The highest BCUT2D eigenvalue weighted by molar-refractivity contribution is 5.66. The fourth-order valence-electron chi connectivity index (χ4n) is 1.92. The fraction of sp³-hybridized carbons (Fsp3) is 0.846. The van der Waals surface area contributed by atoms with Gasteiger partial charge in [-0.3, -0.25) is 9.59 Å². The third-order valence-electron chi connectivity index (χ3n) is 2.85. The first-order valence-electron chi connectivity index (χ1n) is 6.71. The van der Waals surface area contributed by atoms with Crippen molar-refractivity contribution in [2.45, 2.75) is 58.2 Å². The predicted molar refractivity (Wildman–Crippen MR) is 67.7 cm³/mol. The summed E-state index contributed by atoms with van der Waals surface area (Å²) in [6.45, 7) is 4.94. The van der Waals surface area contributed by atoms with Crippen LogP contribution in [-0.2, 0) is 28.5 Å². The molecule has 1 N–H and O–H groups in total. The van der Waals surface area contributed by atoms with E-state index in [2.05, 4.69) is 0 Å². The molecule has 7 heteroatoms. The molecule has 20 heavy (non-hydrogen) atoms. The molecule has 0 amide bonds. The zero-order chi connectivity index (χ0) is 15.1. The molecule has 4 atom stereocenters. The molecule has 0 bridgehead atoms. The Labute approximate surface area is 118 Å². The second kappa shape index (κ2) is 8.18. The first kappa shape index (κ1) is 16.9. The number of aliphatic hydroxyl groups excluding tert-OH is 1. The van der Waals surface area contributed by atoms with E-state index in [-0.39, 0.29) is 6.61 Å². The van der Waals surface area contributed by atoms with Crippen LogP contribution in [0.15, 0.2) is 0 Å². The number of carbonyl (C=O) groups excluding carboxylic acids is 2. The molecule has 1 heterocycles. The Morgan fingerprint density at radius 1 is 1.20 bits per heavy atom. The Hall–Kier alpha value is -1.18. The number of aliphatic hydroxyl groups is 1. The number of ether oxygens (including phenoxy) is 4. The molecular weight excluding hydrogens is 268 g/mol. The van der Waals surface area contributed by atoms with Crippen LogP contribution in [0.25, 0.3) is 0 Å². The number of hydrogen-bond acceptors (Lipinski definition) is 7. The van der Waals surface area contributed by atoms with Crippen LogP contribution in [0.4, 0.5) is 0 Å². The SMILES string of the molecule is CCCCO[C@H]1[C@@H](COC(C)=O)OC(O)[C@@H]1OC(C)=O. The summed E-state index contributed by atoms with van der Waals surface area (Å²) < 4.78 is 20.8. The topological polar surface area (TPSA) is 91.3 Å². The third kappa shape index (κ3) is 5.07. The monoisotopic (exact) mass is 290 g/mol. The van der Waals surface area contributed by atoms with E-state index in [1.54, 1.807) is 0 Å². The Bertz CT molecular complexity index is 331. The molecule has 1 rings (SSSR count). The van der Waals surface area contributed by atoms with Crippen LogP contribution >= 0.6 is 0 Å². The van der Waals surface area contributed by atoms with E-state index >= 15 is 0 Å². The maximum Gasteiger partial charge on any atom is 0.303 e. The molecule has 1 aliphatic heterocycles. The van der Waals surface area contributed by atoms with Gasteiger partial charge >= 0.3 is 11.9 Å². The zero-order valence-electron chi connectivity index (χ0n) is 12.0. The van der Waals surface area contributed by atoms with Crippen molar-refractivity contribution in [3.8, 4) is 0 Å². The van der Waals surface area contributed by atoms with Gasteiger partial charge in [0, 0.05) is 20.5 Å². The maximum atomic E-state index is 11.1. The highest BCUT2D eigenvalue weighted by Gasteiger charge is 2.47. The normalized spacial score (nSPS) is 29.2. The quantitative estimate of drug-likeness (QED) is 0.535. The molecular formula is C13H22O7. The highest BCUT2D eigenvalue weighted by atomic mass is 16.7. The lowest BCUT2D eigenvalue weighted by molar-refractivity contribution is -0.172. The summed E-state index contributed by atoms with van der Waals surface area (Å²) in [7, 11) is 0. The Kier molecular flexibility index (Phi) is 6.90. The number of esters is 2. The van der Waals surface area contributed by atoms with Crippen molar-refractivity contribution in [1.29, 1.82) is 0 Å². The lowest BCUT2D eigenvalue weighted by atomic mass is 10.1. The number of hydrogen-bond donors (Lipinski definition) is 1. The molecule has 1 aliphatic rings. The average molecular weight is 290 g/mol. The largest absolute Gasteiger partial charge is 0.463 e. The Morgan fingerprint density at radius 3 is 2.45 bits per heavy atom. The molecule has 0 saturated carbocycles. The highest BCUT2D eigenvalue weighted by Crippen LogP contribution is 2.26. The first-order chi connectivity index (χ1) is 9.45. The van der Waals surface area contributed by atoms with Gasteiger partial charge < -0.3 is 24.1 Å². The van der Waals surface area contributed by atoms with E-state index in [1.165, 1.54) is 13.8 Å². The van der Waals surface area contributed by atoms with Gasteiger partial charge in [0.05, 0.1) is 0 Å². The fourth-order valence-corrected chi connectivity index (χ4v) is 1.92. The third-order valence-corrected chi connectivity index (χ3v) is 2.85. The smallest absolute Gasteiger partial charge is 0.303 e. The Balaban J connectivity index is 2.65. The van der Waals surface area contributed by atoms with Gasteiger partial charge in [-0.25, -0.2) is 0 Å². The molecule has 1 fully saturated rings. The van der Waals surface area contributed by atoms with Crippen LogP contribution < -0.4 is 0 Å². The van der Waals surface area contributed by atoms with Gasteiger partial charge in [0.25, 0.3) is 0 Å². The molecule has 0 aromatic heterocycles. The molecule has 1 unspecified atom stereocenters. The van der Waals surface area contributed by atoms with Crippen molar-refractivity contribution in [3.63, 3.8) is 0 Å². The molecule has 0 aliphatic carbocycles. The van der Waals surface area contributed by atoms with Crippen LogP contribution in [0.5, 0.6) is 0 Å². The average Bonchev–Trinajstić information content (AvgIpc) is 2.64. The van der Waals surface area contributed by atoms with Crippen LogP contribution in [-0.4, -0.2) is 54.9 Å². The molecule has 0 radical (unpaired) electrons. The summed E-state index contributed by atoms with van der Waals surface area (Å²) in [5.74, 6) is -0.985. The lowest BCUT2D eigenvalue weighted by Gasteiger charge is -2.22. The first-order valence-corrected chi connectivity index (χ1v) is 6.71. The van der Waals surface area contributed by atoms with Crippen molar-refractivity contribution in [2.75, 3.05) is 13.2 Å². The zero-order valence-corrected chi connectivity index (χ0v) is 12.0. The van der Waals surface area contributed by atoms with E-state index in [0.29, 0.717) is 6.61 Å². The van der Waals surface area contributed by atoms with E-state index in [9.17, 15) is 14.7 Å². The summed E-state index contributed by atoms with van der Waals surface area (Å²) in [4.78, 5) is 21.9. The van der Waals surface area contributed by atoms with E-state index in [1.807, 2.05) is 6.92 Å². The lowest BCUT2D eigenvalue weighted by Crippen LogP contribution is -2.40. The molecule has 0 aromatic carbocycles. The second-order valence-corrected chi connectivity index (χ2v) is 4.63. The number of carbonyl (C=O) groups is 2. The summed E-state index contributed by atoms with van der Waals surface area (Å²) in [5.41, 5.74) is 0. The Morgan fingerprint density at radius 2 is 1.90 bits per heavy atom. The van der Waals surface area contributed by atoms with Crippen molar-refractivity contribution >= 4 is 11.9 Å². The summed E-state index contributed by atoms with van der Waals surface area (Å²) in [5, 5.41) is 9.78. The molecule has 0 spiro atoms. The minimum absolute atomic E-state index is 0.0546. The molecule has 7 nitrogen and oxygen atoms in total. The van der Waals surface area contributed by atoms with Gasteiger partial charge in [0.2, 0.25) is 0 Å². The summed E-state index contributed by atoms with van der Waals surface area (Å²) in [6, 6.07) is 0. The van der Waals surface area contributed by atoms with E-state index in [4.69, 9.17) is 18.9 Å². The molecule has 1 saturated heterocycles. The minimum atomic E-state index is -1.29. The minimum Gasteiger partial charge on any atom is -0.463 e. The number of unbranched alkanes of at least 4 members (excludes halogenated alkanes) is 1. The van der Waals surface area contributed by atoms with Crippen molar-refractivity contribution < 1.29 is 33.6 Å². The van der Waals surface area contributed by atoms with Crippen LogP contribution in [0.2, 0.25) is 0 Å². The van der Waals surface area contributed by atoms with Gasteiger partial charge in [-0.15, -0.1) is 0 Å². The molecule has 116 valence electrons. The van der Waals surface area contributed by atoms with Crippen LogP contribution in [0, 0.1) is 0 Å². The van der Waals surface area contributed by atoms with Crippen LogP contribution in [0.1, 0.15) is 33.6 Å². The van der Waals surface area contributed by atoms with Gasteiger partial charge in [0.15, 0.2) is 12.4 Å². The summed E-state index contributed by atoms with van der Waals surface area (Å²) >= 11 is 0. The predicted octanol–water partition coefficient (Wildman–Crippen LogP) is 0.384. The van der Waals surface area contributed by atoms with Gasteiger partial charge in [0.1, 0.15) is 18.8 Å². The van der Waals surface area contributed by atoms with Crippen molar-refractivity contribution in [1.82, 2.24) is 0 Å². The van der Waals surface area contributed by atoms with E-state index < -0.39 is 36.5 Å². The number of rotatable bonds is 7. The standard InChI is InChI=1S/C13H22O7/c1-4-5-6-17-11-10(7-18-8(2)14)20-13(16)12(11)19-9(3)15/h10-13,16H,4-7H2,1-3H3/t10-,11+,12-,13?/m1/s1. The van der Waals surface area contributed by atoms with Gasteiger partial charge in [-0.05, 0) is 6.42 Å². The second-order valence-electron chi connectivity index (χ2n) is 4.63. The van der Waals surface area contributed by atoms with Gasteiger partial charge in [-0.1, -0.05) is 13.3 Å². The van der Waals surface area contributed by atoms with E-state index in [0.717, 1.165) is 12.8 Å².